The predicted molar refractivity (Wildman–Crippen MR) is 55.7 cm³/mol. The summed E-state index contributed by atoms with van der Waals surface area (Å²) < 4.78 is 10.2. The fourth-order valence-electron chi connectivity index (χ4n) is 0.617. The zero-order chi connectivity index (χ0) is 10.5. The van der Waals surface area contributed by atoms with Crippen molar-refractivity contribution in [1.29, 1.82) is 0 Å². The van der Waals surface area contributed by atoms with Crippen molar-refractivity contribution in [3.8, 4) is 0 Å². The molecule has 0 amide bonds. The minimum Gasteiger partial charge on any atom is -0.348 e. The maximum Gasteiger partial charge on any atom is 0.162 e. The Hall–Kier alpha value is -0.0800. The molecule has 0 aliphatic carbocycles. The Morgan fingerprint density at radius 3 is 1.46 bits per heavy atom. The normalized spacial score (nSPS) is 20.8. The Bertz CT molecular complexity index is 126. The minimum atomic E-state index is -0.306. The van der Waals surface area contributed by atoms with E-state index in [-0.39, 0.29) is 5.79 Å². The second-order valence-corrected chi connectivity index (χ2v) is 5.01. The van der Waals surface area contributed by atoms with E-state index in [4.69, 9.17) is 9.47 Å². The van der Waals surface area contributed by atoms with E-state index in [9.17, 15) is 0 Å². The summed E-state index contributed by atoms with van der Waals surface area (Å²) in [6, 6.07) is 0. The van der Waals surface area contributed by atoms with Gasteiger partial charge in [0.1, 0.15) is 0 Å². The molecule has 13 heavy (non-hydrogen) atoms. The molecule has 0 aromatic rings. The Morgan fingerprint density at radius 1 is 1.08 bits per heavy atom. The SMILES string of the molecule is CC1(C)OCCO1.CCC(C)(C)C. The lowest BCUT2D eigenvalue weighted by molar-refractivity contribution is -0.125. The van der Waals surface area contributed by atoms with E-state index in [1.165, 1.54) is 6.42 Å². The van der Waals surface area contributed by atoms with E-state index in [2.05, 4.69) is 27.7 Å². The second-order valence-electron chi connectivity index (χ2n) is 5.01. The van der Waals surface area contributed by atoms with E-state index < -0.39 is 0 Å². The van der Waals surface area contributed by atoms with Crippen LogP contribution >= 0.6 is 0 Å². The second kappa shape index (κ2) is 4.97. The van der Waals surface area contributed by atoms with Gasteiger partial charge in [0.2, 0.25) is 0 Å². The molecule has 1 aliphatic heterocycles. The molecule has 0 radical (unpaired) electrons. The van der Waals surface area contributed by atoms with E-state index >= 15 is 0 Å². The molecule has 2 heteroatoms. The van der Waals surface area contributed by atoms with Gasteiger partial charge in [0.25, 0.3) is 0 Å². The highest BCUT2D eigenvalue weighted by atomic mass is 16.7. The average Bonchev–Trinajstić information content (AvgIpc) is 2.34. The summed E-state index contributed by atoms with van der Waals surface area (Å²) in [5, 5.41) is 0. The van der Waals surface area contributed by atoms with Gasteiger partial charge < -0.3 is 9.47 Å². The number of hydrogen-bond donors (Lipinski definition) is 0. The molecule has 1 heterocycles. The molecule has 1 rings (SSSR count). The smallest absolute Gasteiger partial charge is 0.162 e. The van der Waals surface area contributed by atoms with Gasteiger partial charge in [-0.05, 0) is 19.3 Å². The van der Waals surface area contributed by atoms with Crippen LogP contribution in [0.2, 0.25) is 0 Å². The van der Waals surface area contributed by atoms with Crippen LogP contribution in [0.3, 0.4) is 0 Å². The Labute approximate surface area is 82.6 Å². The summed E-state index contributed by atoms with van der Waals surface area (Å²) in [6.07, 6.45) is 1.27. The summed E-state index contributed by atoms with van der Waals surface area (Å²) in [5.74, 6) is -0.306. The van der Waals surface area contributed by atoms with Gasteiger partial charge in [0, 0.05) is 0 Å². The van der Waals surface area contributed by atoms with Gasteiger partial charge >= 0.3 is 0 Å². The third-order valence-electron chi connectivity index (χ3n) is 2.04. The first kappa shape index (κ1) is 12.9. The maximum atomic E-state index is 5.12. The van der Waals surface area contributed by atoms with Crippen LogP contribution in [0.4, 0.5) is 0 Å². The molecule has 0 atom stereocenters. The van der Waals surface area contributed by atoms with Crippen LogP contribution in [0, 0.1) is 5.41 Å². The number of ether oxygens (including phenoxy) is 2. The van der Waals surface area contributed by atoms with Crippen LogP contribution in [0.1, 0.15) is 48.0 Å². The van der Waals surface area contributed by atoms with Crippen molar-refractivity contribution in [2.45, 2.75) is 53.8 Å². The number of hydrogen-bond acceptors (Lipinski definition) is 2. The molecule has 0 spiro atoms. The summed E-state index contributed by atoms with van der Waals surface area (Å²) in [5.41, 5.74) is 0.542. The highest BCUT2D eigenvalue weighted by Gasteiger charge is 2.23. The van der Waals surface area contributed by atoms with Crippen LogP contribution in [-0.2, 0) is 9.47 Å². The lowest BCUT2D eigenvalue weighted by atomic mass is 9.94. The standard InChI is InChI=1S/C6H14.C5H10O2/c1-5-6(2,3)4;1-5(2)6-3-4-7-5/h5H2,1-4H3;3-4H2,1-2H3. The average molecular weight is 188 g/mol. The molecule has 0 aromatic carbocycles. The van der Waals surface area contributed by atoms with Gasteiger partial charge in [0.15, 0.2) is 5.79 Å². The molecular formula is C11H24O2. The van der Waals surface area contributed by atoms with Crippen LogP contribution < -0.4 is 0 Å². The third-order valence-corrected chi connectivity index (χ3v) is 2.04. The van der Waals surface area contributed by atoms with Crippen LogP contribution in [0.15, 0.2) is 0 Å². The first-order chi connectivity index (χ1) is 5.77. The van der Waals surface area contributed by atoms with Gasteiger partial charge in [-0.2, -0.15) is 0 Å². The van der Waals surface area contributed by atoms with Crippen molar-refractivity contribution in [2.75, 3.05) is 13.2 Å². The van der Waals surface area contributed by atoms with Crippen molar-refractivity contribution in [3.05, 3.63) is 0 Å². The molecule has 1 fully saturated rings. The predicted octanol–water partition coefficient (Wildman–Crippen LogP) is 3.21. The van der Waals surface area contributed by atoms with Crippen LogP contribution in [0.5, 0.6) is 0 Å². The Balaban J connectivity index is 0.000000226. The maximum absolute atomic E-state index is 5.12. The van der Waals surface area contributed by atoms with Crippen LogP contribution in [0.25, 0.3) is 0 Å². The highest BCUT2D eigenvalue weighted by molar-refractivity contribution is 4.58. The Kier molecular flexibility index (Phi) is 4.93. The fourth-order valence-corrected chi connectivity index (χ4v) is 0.617. The van der Waals surface area contributed by atoms with Crippen molar-refractivity contribution >= 4 is 0 Å². The number of rotatable bonds is 0. The first-order valence-corrected chi connectivity index (χ1v) is 5.05. The van der Waals surface area contributed by atoms with E-state index in [1.807, 2.05) is 13.8 Å². The molecule has 1 aliphatic rings. The van der Waals surface area contributed by atoms with E-state index in [0.29, 0.717) is 5.41 Å². The molecule has 0 bridgehead atoms. The van der Waals surface area contributed by atoms with Gasteiger partial charge in [0.05, 0.1) is 13.2 Å². The van der Waals surface area contributed by atoms with Gasteiger partial charge in [-0.1, -0.05) is 34.1 Å². The van der Waals surface area contributed by atoms with E-state index in [0.717, 1.165) is 13.2 Å². The first-order valence-electron chi connectivity index (χ1n) is 5.05. The molecule has 80 valence electrons. The summed E-state index contributed by atoms with van der Waals surface area (Å²) in [4.78, 5) is 0. The summed E-state index contributed by atoms with van der Waals surface area (Å²) in [7, 11) is 0. The Morgan fingerprint density at radius 2 is 1.38 bits per heavy atom. The molecule has 0 saturated carbocycles. The van der Waals surface area contributed by atoms with Crippen molar-refractivity contribution < 1.29 is 9.47 Å². The largest absolute Gasteiger partial charge is 0.348 e. The molecule has 0 N–H and O–H groups in total. The minimum absolute atomic E-state index is 0.306. The zero-order valence-corrected chi connectivity index (χ0v) is 9.94. The van der Waals surface area contributed by atoms with Gasteiger partial charge in [-0.15, -0.1) is 0 Å². The summed E-state index contributed by atoms with van der Waals surface area (Å²) >= 11 is 0. The zero-order valence-electron chi connectivity index (χ0n) is 9.94. The third kappa shape index (κ3) is 8.26. The lowest BCUT2D eigenvalue weighted by Crippen LogP contribution is -2.18. The van der Waals surface area contributed by atoms with Gasteiger partial charge in [-0.3, -0.25) is 0 Å². The van der Waals surface area contributed by atoms with Crippen molar-refractivity contribution in [3.63, 3.8) is 0 Å². The quantitative estimate of drug-likeness (QED) is 0.581. The molecule has 2 nitrogen and oxygen atoms in total. The molecular weight excluding hydrogens is 164 g/mol. The van der Waals surface area contributed by atoms with Gasteiger partial charge in [-0.25, -0.2) is 0 Å². The van der Waals surface area contributed by atoms with Crippen molar-refractivity contribution in [1.82, 2.24) is 0 Å². The van der Waals surface area contributed by atoms with Crippen molar-refractivity contribution in [2.24, 2.45) is 5.41 Å². The fraction of sp³-hybridized carbons (Fsp3) is 1.00. The summed E-state index contributed by atoms with van der Waals surface area (Å²) in [6.45, 7) is 14.3. The topological polar surface area (TPSA) is 18.5 Å². The molecule has 0 unspecified atom stereocenters. The monoisotopic (exact) mass is 188 g/mol. The van der Waals surface area contributed by atoms with Crippen LogP contribution in [-0.4, -0.2) is 19.0 Å². The highest BCUT2D eigenvalue weighted by Crippen LogP contribution is 2.16. The lowest BCUT2D eigenvalue weighted by Gasteiger charge is -2.13. The van der Waals surface area contributed by atoms with E-state index in [1.54, 1.807) is 0 Å². The molecule has 0 aromatic heterocycles. The molecule has 1 saturated heterocycles.